The Balaban J connectivity index is 2.67. The van der Waals surface area contributed by atoms with Crippen LogP contribution in [0.4, 0.5) is 5.69 Å². The summed E-state index contributed by atoms with van der Waals surface area (Å²) in [7, 11) is 0. The SMILES string of the molecule is CCCCc1ccc(N/C=C(/C#N)C(=O)NC(C)C(=O)O)cc1. The van der Waals surface area contributed by atoms with Crippen molar-refractivity contribution in [1.29, 1.82) is 5.26 Å². The third-order valence-electron chi connectivity index (χ3n) is 3.24. The van der Waals surface area contributed by atoms with Gasteiger partial charge in [-0.25, -0.2) is 0 Å². The van der Waals surface area contributed by atoms with Gasteiger partial charge in [0.25, 0.3) is 5.91 Å². The maximum Gasteiger partial charge on any atom is 0.325 e. The summed E-state index contributed by atoms with van der Waals surface area (Å²) in [5, 5.41) is 22.8. The van der Waals surface area contributed by atoms with E-state index in [-0.39, 0.29) is 5.57 Å². The molecule has 122 valence electrons. The molecule has 23 heavy (non-hydrogen) atoms. The molecule has 3 N–H and O–H groups in total. The highest BCUT2D eigenvalue weighted by Crippen LogP contribution is 2.12. The fraction of sp³-hybridized carbons (Fsp3) is 0.353. The summed E-state index contributed by atoms with van der Waals surface area (Å²) < 4.78 is 0. The number of benzene rings is 1. The lowest BCUT2D eigenvalue weighted by molar-refractivity contribution is -0.140. The molecular weight excluding hydrogens is 294 g/mol. The van der Waals surface area contributed by atoms with Crippen LogP contribution >= 0.6 is 0 Å². The van der Waals surface area contributed by atoms with E-state index >= 15 is 0 Å². The molecule has 0 aliphatic rings. The van der Waals surface area contributed by atoms with E-state index < -0.39 is 17.9 Å². The van der Waals surface area contributed by atoms with Gasteiger partial charge in [0.2, 0.25) is 0 Å². The normalized spacial score (nSPS) is 12.1. The van der Waals surface area contributed by atoms with E-state index in [9.17, 15) is 9.59 Å². The Morgan fingerprint density at radius 3 is 2.52 bits per heavy atom. The summed E-state index contributed by atoms with van der Waals surface area (Å²) >= 11 is 0. The van der Waals surface area contributed by atoms with Crippen LogP contribution in [0.15, 0.2) is 36.0 Å². The van der Waals surface area contributed by atoms with Gasteiger partial charge in [-0.1, -0.05) is 25.5 Å². The summed E-state index contributed by atoms with van der Waals surface area (Å²) in [5.74, 6) is -1.89. The van der Waals surface area contributed by atoms with Gasteiger partial charge in [-0.15, -0.1) is 0 Å². The van der Waals surface area contributed by atoms with Gasteiger partial charge in [0.05, 0.1) is 0 Å². The number of carboxylic acids is 1. The maximum atomic E-state index is 11.8. The van der Waals surface area contributed by atoms with Crippen molar-refractivity contribution in [3.05, 3.63) is 41.6 Å². The van der Waals surface area contributed by atoms with Crippen LogP contribution in [0.25, 0.3) is 0 Å². The monoisotopic (exact) mass is 315 g/mol. The predicted molar refractivity (Wildman–Crippen MR) is 87.6 cm³/mol. The quantitative estimate of drug-likeness (QED) is 0.505. The molecule has 1 aromatic rings. The number of hydrogen-bond acceptors (Lipinski definition) is 4. The molecule has 0 fully saturated rings. The lowest BCUT2D eigenvalue weighted by Gasteiger charge is -2.08. The summed E-state index contributed by atoms with van der Waals surface area (Å²) in [4.78, 5) is 22.5. The van der Waals surface area contributed by atoms with Crippen LogP contribution in [0, 0.1) is 11.3 Å². The number of hydrogen-bond donors (Lipinski definition) is 3. The molecule has 0 heterocycles. The van der Waals surface area contributed by atoms with E-state index in [1.807, 2.05) is 24.3 Å². The number of amides is 1. The molecule has 1 rings (SSSR count). The van der Waals surface area contributed by atoms with Crippen LogP contribution < -0.4 is 10.6 Å². The second-order valence-electron chi connectivity index (χ2n) is 5.15. The van der Waals surface area contributed by atoms with Gasteiger partial charge in [-0.2, -0.15) is 5.26 Å². The summed E-state index contributed by atoms with van der Waals surface area (Å²) in [6.07, 6.45) is 4.56. The third-order valence-corrected chi connectivity index (χ3v) is 3.24. The molecule has 0 saturated carbocycles. The Labute approximate surface area is 135 Å². The lowest BCUT2D eigenvalue weighted by Crippen LogP contribution is -2.39. The molecular formula is C17H21N3O3. The molecule has 0 bridgehead atoms. The molecule has 1 atom stereocenters. The standard InChI is InChI=1S/C17H21N3O3/c1-3-4-5-13-6-8-15(9-7-13)19-11-14(10-18)16(21)20-12(2)17(22)23/h6-9,11-12,19H,3-5H2,1-2H3,(H,20,21)(H,22,23)/b14-11-. The lowest BCUT2D eigenvalue weighted by atomic mass is 10.1. The minimum Gasteiger partial charge on any atom is -0.480 e. The largest absolute Gasteiger partial charge is 0.480 e. The molecule has 0 aliphatic carbocycles. The van der Waals surface area contributed by atoms with Gasteiger partial charge < -0.3 is 15.7 Å². The Morgan fingerprint density at radius 1 is 1.35 bits per heavy atom. The van der Waals surface area contributed by atoms with Crippen LogP contribution in [-0.4, -0.2) is 23.0 Å². The number of carbonyl (C=O) groups excluding carboxylic acids is 1. The molecule has 1 aromatic carbocycles. The third kappa shape index (κ3) is 6.22. The second-order valence-corrected chi connectivity index (χ2v) is 5.15. The van der Waals surface area contributed by atoms with Crippen molar-refractivity contribution in [2.24, 2.45) is 0 Å². The smallest absolute Gasteiger partial charge is 0.325 e. The number of nitriles is 1. The van der Waals surface area contributed by atoms with Gasteiger partial charge in [0.15, 0.2) is 0 Å². The fourth-order valence-corrected chi connectivity index (χ4v) is 1.79. The number of unbranched alkanes of at least 4 members (excludes halogenated alkanes) is 1. The highest BCUT2D eigenvalue weighted by molar-refractivity contribution is 5.99. The number of carbonyl (C=O) groups is 2. The number of rotatable bonds is 8. The molecule has 6 nitrogen and oxygen atoms in total. The molecule has 1 amide bonds. The Kier molecular flexibility index (Phi) is 7.34. The number of carboxylic acid groups (broad SMARTS) is 1. The first-order valence-corrected chi connectivity index (χ1v) is 7.47. The zero-order valence-electron chi connectivity index (χ0n) is 13.3. The van der Waals surface area contributed by atoms with Crippen molar-refractivity contribution in [2.75, 3.05) is 5.32 Å². The first-order valence-electron chi connectivity index (χ1n) is 7.47. The minimum absolute atomic E-state index is 0.187. The first kappa shape index (κ1) is 18.2. The van der Waals surface area contributed by atoms with Crippen molar-refractivity contribution in [3.63, 3.8) is 0 Å². The van der Waals surface area contributed by atoms with Crippen molar-refractivity contribution in [3.8, 4) is 6.07 Å². The van der Waals surface area contributed by atoms with Crippen LogP contribution in [0.3, 0.4) is 0 Å². The Morgan fingerprint density at radius 2 is 2.00 bits per heavy atom. The molecule has 0 radical (unpaired) electrons. The van der Waals surface area contributed by atoms with Gasteiger partial charge in [0, 0.05) is 11.9 Å². The zero-order chi connectivity index (χ0) is 17.2. The van der Waals surface area contributed by atoms with Crippen molar-refractivity contribution in [2.45, 2.75) is 39.2 Å². The predicted octanol–water partition coefficient (Wildman–Crippen LogP) is 2.44. The zero-order valence-corrected chi connectivity index (χ0v) is 13.3. The first-order chi connectivity index (χ1) is 11.0. The molecule has 1 unspecified atom stereocenters. The van der Waals surface area contributed by atoms with Crippen LogP contribution in [0.5, 0.6) is 0 Å². The van der Waals surface area contributed by atoms with Crippen molar-refractivity contribution in [1.82, 2.24) is 5.32 Å². The van der Waals surface area contributed by atoms with Gasteiger partial charge in [-0.05, 0) is 37.5 Å². The summed E-state index contributed by atoms with van der Waals surface area (Å²) in [6.45, 7) is 3.47. The van der Waals surface area contributed by atoms with Gasteiger partial charge >= 0.3 is 5.97 Å². The Bertz CT molecular complexity index is 615. The number of nitrogens with one attached hydrogen (secondary N) is 2. The maximum absolute atomic E-state index is 11.8. The fourth-order valence-electron chi connectivity index (χ4n) is 1.79. The van der Waals surface area contributed by atoms with E-state index in [2.05, 4.69) is 17.6 Å². The second kappa shape index (κ2) is 9.26. The number of anilines is 1. The van der Waals surface area contributed by atoms with E-state index in [1.54, 1.807) is 6.07 Å². The number of nitrogens with zero attached hydrogens (tertiary/aromatic N) is 1. The Hall–Kier alpha value is -2.81. The molecule has 0 spiro atoms. The van der Waals surface area contributed by atoms with E-state index in [0.29, 0.717) is 0 Å². The summed E-state index contributed by atoms with van der Waals surface area (Å²) in [5.41, 5.74) is 1.79. The average Bonchev–Trinajstić information content (AvgIpc) is 2.54. The highest BCUT2D eigenvalue weighted by Gasteiger charge is 2.16. The van der Waals surface area contributed by atoms with Gasteiger partial charge in [0.1, 0.15) is 17.7 Å². The molecule has 0 saturated heterocycles. The number of aryl methyl sites for hydroxylation is 1. The number of aliphatic carboxylic acids is 1. The van der Waals surface area contributed by atoms with E-state index in [1.165, 1.54) is 18.7 Å². The van der Waals surface area contributed by atoms with Gasteiger partial charge in [-0.3, -0.25) is 9.59 Å². The molecule has 6 heteroatoms. The van der Waals surface area contributed by atoms with Crippen LogP contribution in [0.2, 0.25) is 0 Å². The van der Waals surface area contributed by atoms with E-state index in [0.717, 1.165) is 24.9 Å². The van der Waals surface area contributed by atoms with Crippen LogP contribution in [0.1, 0.15) is 32.3 Å². The van der Waals surface area contributed by atoms with Crippen molar-refractivity contribution < 1.29 is 14.7 Å². The average molecular weight is 315 g/mol. The highest BCUT2D eigenvalue weighted by atomic mass is 16.4. The molecule has 0 aromatic heterocycles. The summed E-state index contributed by atoms with van der Waals surface area (Å²) in [6, 6.07) is 8.41. The van der Waals surface area contributed by atoms with Crippen molar-refractivity contribution >= 4 is 17.6 Å². The van der Waals surface area contributed by atoms with Crippen LogP contribution in [-0.2, 0) is 16.0 Å². The minimum atomic E-state index is -1.16. The topological polar surface area (TPSA) is 102 Å². The van der Waals surface area contributed by atoms with E-state index in [4.69, 9.17) is 10.4 Å². The molecule has 0 aliphatic heterocycles.